The number of H-pyrrole nitrogens is 1. The average Bonchev–Trinajstić information content (AvgIpc) is 3.17. The predicted molar refractivity (Wildman–Crippen MR) is 103 cm³/mol. The van der Waals surface area contributed by atoms with E-state index in [1.54, 1.807) is 6.07 Å². The van der Waals surface area contributed by atoms with Crippen molar-refractivity contribution in [1.29, 1.82) is 0 Å². The van der Waals surface area contributed by atoms with Crippen molar-refractivity contribution < 1.29 is 4.79 Å². The van der Waals surface area contributed by atoms with Crippen LogP contribution in [0.15, 0.2) is 76.6 Å². The number of nitrogens with one attached hydrogen (secondary N) is 1. The van der Waals surface area contributed by atoms with E-state index in [4.69, 9.17) is 0 Å². The first-order chi connectivity index (χ1) is 12.5. The van der Waals surface area contributed by atoms with Crippen LogP contribution in [0.5, 0.6) is 0 Å². The van der Waals surface area contributed by atoms with E-state index in [-0.39, 0.29) is 11.5 Å². The lowest BCUT2D eigenvalue weighted by Gasteiger charge is -2.10. The van der Waals surface area contributed by atoms with Crippen molar-refractivity contribution in [2.45, 2.75) is 20.3 Å². The lowest BCUT2D eigenvalue weighted by atomic mass is 10.3. The Bertz CT molecular complexity index is 972. The number of anilines is 1. The summed E-state index contributed by atoms with van der Waals surface area (Å²) < 4.78 is 1.52. The van der Waals surface area contributed by atoms with Gasteiger partial charge in [0.05, 0.1) is 17.8 Å². The fraction of sp³-hybridized carbons (Fsp3) is 0.150. The standard InChI is InChI=1S/2C10H10N2O/c2*1-8-7-10(13)12(11-8)9-5-3-2-4-6-9/h2-6H,7H2,1H3;2-7,11H,1H3. The molecule has 0 unspecified atom stereocenters. The maximum absolute atomic E-state index is 11.4. The van der Waals surface area contributed by atoms with Crippen LogP contribution in [0.25, 0.3) is 5.69 Å². The number of hydrazone groups is 1. The van der Waals surface area contributed by atoms with E-state index in [0.717, 1.165) is 22.8 Å². The van der Waals surface area contributed by atoms with Gasteiger partial charge in [0.1, 0.15) is 0 Å². The molecule has 1 aliphatic heterocycles. The smallest absolute Gasteiger partial charge is 0.271 e. The largest absolute Gasteiger partial charge is 0.295 e. The monoisotopic (exact) mass is 348 g/mol. The molecule has 0 bridgehead atoms. The Morgan fingerprint density at radius 3 is 1.92 bits per heavy atom. The van der Waals surface area contributed by atoms with Crippen LogP contribution >= 0.6 is 0 Å². The van der Waals surface area contributed by atoms with Crippen LogP contribution in [-0.2, 0) is 4.79 Å². The third-order valence-corrected chi connectivity index (χ3v) is 3.78. The molecule has 3 aromatic rings. The zero-order chi connectivity index (χ0) is 18.5. The molecule has 1 N–H and O–H groups in total. The number of aromatic nitrogens is 2. The first kappa shape index (κ1) is 17.4. The minimum atomic E-state index is -0.0244. The number of amides is 1. The van der Waals surface area contributed by atoms with Crippen molar-refractivity contribution in [3.63, 3.8) is 0 Å². The second kappa shape index (κ2) is 7.65. The van der Waals surface area contributed by atoms with Crippen LogP contribution < -0.4 is 10.6 Å². The molecule has 6 nitrogen and oxygen atoms in total. The highest BCUT2D eigenvalue weighted by Gasteiger charge is 2.21. The summed E-state index contributed by atoms with van der Waals surface area (Å²) in [6, 6.07) is 20.5. The minimum absolute atomic E-state index is 0.0244. The van der Waals surface area contributed by atoms with Gasteiger partial charge in [-0.15, -0.1) is 0 Å². The zero-order valence-corrected chi connectivity index (χ0v) is 14.7. The number of rotatable bonds is 2. The SMILES string of the molecule is CC1=NN(c2ccccc2)C(=O)C1.Cc1cc(=O)n(-c2ccccc2)[nH]1. The molecule has 0 radical (unpaired) electrons. The molecule has 1 aliphatic rings. The molecule has 26 heavy (non-hydrogen) atoms. The summed E-state index contributed by atoms with van der Waals surface area (Å²) in [7, 11) is 0. The normalized spacial score (nSPS) is 13.2. The minimum Gasteiger partial charge on any atom is -0.295 e. The van der Waals surface area contributed by atoms with Crippen LogP contribution in [0, 0.1) is 6.92 Å². The van der Waals surface area contributed by atoms with Crippen LogP contribution in [0.2, 0.25) is 0 Å². The van der Waals surface area contributed by atoms with Gasteiger partial charge in [0.2, 0.25) is 0 Å². The lowest BCUT2D eigenvalue weighted by molar-refractivity contribution is -0.116. The number of carbonyl (C=O) groups is 1. The highest BCUT2D eigenvalue weighted by Crippen LogP contribution is 2.19. The highest BCUT2D eigenvalue weighted by atomic mass is 16.2. The van der Waals surface area contributed by atoms with Gasteiger partial charge in [-0.3, -0.25) is 14.7 Å². The summed E-state index contributed by atoms with van der Waals surface area (Å²) in [6.45, 7) is 3.72. The van der Waals surface area contributed by atoms with Crippen LogP contribution in [0.4, 0.5) is 5.69 Å². The van der Waals surface area contributed by atoms with E-state index in [9.17, 15) is 9.59 Å². The Balaban J connectivity index is 0.000000151. The quantitative estimate of drug-likeness (QED) is 0.772. The molecule has 2 heterocycles. The maximum atomic E-state index is 11.4. The number of carbonyl (C=O) groups excluding carboxylic acids is 1. The lowest BCUT2D eigenvalue weighted by Crippen LogP contribution is -2.19. The van der Waals surface area contributed by atoms with Crippen molar-refractivity contribution in [3.8, 4) is 5.69 Å². The van der Waals surface area contributed by atoms with Crippen LogP contribution in [0.1, 0.15) is 19.0 Å². The van der Waals surface area contributed by atoms with E-state index in [0.29, 0.717) is 6.42 Å². The van der Waals surface area contributed by atoms with Crippen molar-refractivity contribution in [1.82, 2.24) is 9.78 Å². The number of hydrogen-bond donors (Lipinski definition) is 1. The van der Waals surface area contributed by atoms with Gasteiger partial charge in [0.25, 0.3) is 11.5 Å². The van der Waals surface area contributed by atoms with Gasteiger partial charge < -0.3 is 0 Å². The zero-order valence-electron chi connectivity index (χ0n) is 14.7. The molecule has 0 fully saturated rings. The highest BCUT2D eigenvalue weighted by molar-refractivity contribution is 6.12. The van der Waals surface area contributed by atoms with Gasteiger partial charge in [-0.25, -0.2) is 9.69 Å². The Hall–Kier alpha value is -3.41. The van der Waals surface area contributed by atoms with Crippen LogP contribution in [0.3, 0.4) is 0 Å². The van der Waals surface area contributed by atoms with E-state index in [2.05, 4.69) is 10.2 Å². The average molecular weight is 348 g/mol. The number of hydrogen-bond acceptors (Lipinski definition) is 3. The van der Waals surface area contributed by atoms with Crippen molar-refractivity contribution in [2.75, 3.05) is 5.01 Å². The predicted octanol–water partition coefficient (Wildman–Crippen LogP) is 3.27. The number of nitrogens with zero attached hydrogens (tertiary/aromatic N) is 3. The van der Waals surface area contributed by atoms with Gasteiger partial charge in [0, 0.05) is 17.5 Å². The number of para-hydroxylation sites is 2. The van der Waals surface area contributed by atoms with Gasteiger partial charge >= 0.3 is 0 Å². The van der Waals surface area contributed by atoms with Gasteiger partial charge in [-0.2, -0.15) is 5.10 Å². The fourth-order valence-electron chi connectivity index (χ4n) is 2.61. The Morgan fingerprint density at radius 2 is 1.46 bits per heavy atom. The summed E-state index contributed by atoms with van der Waals surface area (Å²) in [5, 5.41) is 8.56. The second-order valence-corrected chi connectivity index (χ2v) is 6.00. The van der Waals surface area contributed by atoms with Crippen molar-refractivity contribution >= 4 is 17.3 Å². The Kier molecular flexibility index (Phi) is 5.12. The third-order valence-electron chi connectivity index (χ3n) is 3.78. The van der Waals surface area contributed by atoms with Gasteiger partial charge in [-0.1, -0.05) is 36.4 Å². The summed E-state index contributed by atoms with van der Waals surface area (Å²) in [6.07, 6.45) is 0.439. The molecule has 0 spiro atoms. The molecule has 0 saturated heterocycles. The fourth-order valence-corrected chi connectivity index (χ4v) is 2.61. The molecule has 132 valence electrons. The Morgan fingerprint density at radius 1 is 0.885 bits per heavy atom. The third kappa shape index (κ3) is 3.97. The van der Waals surface area contributed by atoms with Gasteiger partial charge in [-0.05, 0) is 38.1 Å². The molecule has 4 rings (SSSR count). The van der Waals surface area contributed by atoms with E-state index in [1.807, 2.05) is 74.5 Å². The first-order valence-corrected chi connectivity index (χ1v) is 8.31. The summed E-state index contributed by atoms with van der Waals surface area (Å²) >= 11 is 0. The van der Waals surface area contributed by atoms with Crippen LogP contribution in [-0.4, -0.2) is 21.4 Å². The number of aromatic amines is 1. The van der Waals surface area contributed by atoms with E-state index < -0.39 is 0 Å². The molecule has 6 heteroatoms. The van der Waals surface area contributed by atoms with Gasteiger partial charge in [0.15, 0.2) is 0 Å². The summed E-state index contributed by atoms with van der Waals surface area (Å²) in [4.78, 5) is 22.8. The van der Waals surface area contributed by atoms with E-state index >= 15 is 0 Å². The molecular formula is C20H20N4O2. The molecule has 0 atom stereocenters. The number of benzene rings is 2. The van der Waals surface area contributed by atoms with Crippen molar-refractivity contribution in [2.24, 2.45) is 5.10 Å². The summed E-state index contributed by atoms with van der Waals surface area (Å²) in [5.74, 6) is 0.0451. The molecule has 0 saturated carbocycles. The second-order valence-electron chi connectivity index (χ2n) is 6.00. The van der Waals surface area contributed by atoms with Crippen molar-refractivity contribution in [3.05, 3.63) is 82.8 Å². The first-order valence-electron chi connectivity index (χ1n) is 8.31. The number of aryl methyl sites for hydroxylation is 1. The topological polar surface area (TPSA) is 70.5 Å². The molecular weight excluding hydrogens is 328 g/mol. The molecule has 2 aromatic carbocycles. The Labute approximate surface area is 151 Å². The molecule has 1 aromatic heterocycles. The summed E-state index contributed by atoms with van der Waals surface area (Å²) in [5.41, 5.74) is 3.41. The maximum Gasteiger partial charge on any atom is 0.271 e. The van der Waals surface area contributed by atoms with E-state index in [1.165, 1.54) is 9.69 Å². The molecule has 0 aliphatic carbocycles. The molecule has 1 amide bonds.